The molecule has 0 heterocycles. The number of benzene rings is 2. The fourth-order valence-corrected chi connectivity index (χ4v) is 5.01. The van der Waals surface area contributed by atoms with E-state index in [2.05, 4.69) is 48.5 Å². The Labute approximate surface area is 166 Å². The Balaban J connectivity index is 1.79. The van der Waals surface area contributed by atoms with Gasteiger partial charge in [0.15, 0.2) is 5.79 Å². The topological polar surface area (TPSA) is 40.5 Å². The Hall–Kier alpha value is -0.940. The molecule has 0 saturated heterocycles. The second-order valence-corrected chi connectivity index (χ2v) is 9.01. The van der Waals surface area contributed by atoms with Crippen LogP contribution >= 0.6 is 23.5 Å². The molecule has 0 bridgehead atoms. The Morgan fingerprint density at radius 3 is 2.00 bits per heavy atom. The normalized spacial score (nSPS) is 12.9. The predicted octanol–water partition coefficient (Wildman–Crippen LogP) is 5.48. The average Bonchev–Trinajstić information content (AvgIpc) is 2.68. The van der Waals surface area contributed by atoms with Crippen LogP contribution in [-0.4, -0.2) is 27.0 Å². The zero-order chi connectivity index (χ0) is 18.7. The van der Waals surface area contributed by atoms with Crippen molar-refractivity contribution in [2.45, 2.75) is 55.1 Å². The van der Waals surface area contributed by atoms with E-state index in [4.69, 9.17) is 0 Å². The zero-order valence-corrected chi connectivity index (χ0v) is 17.1. The maximum Gasteiger partial charge on any atom is 0.162 e. The molecule has 2 rings (SSSR count). The minimum absolute atomic E-state index is 0.381. The molecular weight excluding hydrogens is 360 g/mol. The fraction of sp³-hybridized carbons (Fsp3) is 0.455. The maximum atomic E-state index is 9.92. The van der Waals surface area contributed by atoms with Crippen LogP contribution in [0.3, 0.4) is 0 Å². The summed E-state index contributed by atoms with van der Waals surface area (Å²) in [5.74, 6) is 1.58. The van der Waals surface area contributed by atoms with Crippen LogP contribution in [0.2, 0.25) is 0 Å². The first-order valence-electron chi connectivity index (χ1n) is 9.31. The molecule has 0 aromatic heterocycles. The van der Waals surface area contributed by atoms with E-state index in [1.165, 1.54) is 11.1 Å². The van der Waals surface area contributed by atoms with Gasteiger partial charge in [0, 0.05) is 23.2 Å². The van der Waals surface area contributed by atoms with E-state index in [9.17, 15) is 10.2 Å². The summed E-state index contributed by atoms with van der Waals surface area (Å²) < 4.78 is 0. The molecule has 2 nitrogen and oxygen atoms in total. The third-order valence-electron chi connectivity index (χ3n) is 4.46. The molecule has 2 aromatic rings. The lowest BCUT2D eigenvalue weighted by Crippen LogP contribution is -2.28. The van der Waals surface area contributed by atoms with Gasteiger partial charge >= 0.3 is 0 Å². The lowest BCUT2D eigenvalue weighted by molar-refractivity contribution is -0.167. The van der Waals surface area contributed by atoms with Crippen molar-refractivity contribution in [3.63, 3.8) is 0 Å². The summed E-state index contributed by atoms with van der Waals surface area (Å²) in [7, 11) is 0. The summed E-state index contributed by atoms with van der Waals surface area (Å²) in [6, 6.07) is 21.1. The molecule has 0 fully saturated rings. The Bertz CT molecular complexity index is 602. The van der Waals surface area contributed by atoms with E-state index in [1.54, 1.807) is 0 Å². The number of thioether (sulfide) groups is 2. The number of rotatable bonds is 12. The van der Waals surface area contributed by atoms with Crippen molar-refractivity contribution in [3.8, 4) is 0 Å². The quantitative estimate of drug-likeness (QED) is 0.372. The summed E-state index contributed by atoms with van der Waals surface area (Å²) >= 11 is 3.89. The molecule has 0 aliphatic heterocycles. The molecule has 0 saturated carbocycles. The van der Waals surface area contributed by atoms with Crippen LogP contribution in [0.25, 0.3) is 0 Å². The average molecular weight is 391 g/mol. The van der Waals surface area contributed by atoms with Crippen LogP contribution < -0.4 is 0 Å². The largest absolute Gasteiger partial charge is 0.366 e. The van der Waals surface area contributed by atoms with Gasteiger partial charge in [-0.1, -0.05) is 67.6 Å². The smallest absolute Gasteiger partial charge is 0.162 e. The number of aliphatic hydroxyl groups is 2. The van der Waals surface area contributed by atoms with E-state index in [0.717, 1.165) is 30.1 Å². The Morgan fingerprint density at radius 2 is 1.42 bits per heavy atom. The van der Waals surface area contributed by atoms with Crippen LogP contribution in [0.1, 0.15) is 43.7 Å². The van der Waals surface area contributed by atoms with Crippen LogP contribution in [-0.2, 0) is 11.5 Å². The first-order valence-corrected chi connectivity index (χ1v) is 11.5. The minimum Gasteiger partial charge on any atom is -0.366 e. The van der Waals surface area contributed by atoms with Gasteiger partial charge in [-0.25, -0.2) is 0 Å². The van der Waals surface area contributed by atoms with Gasteiger partial charge in [0.2, 0.25) is 0 Å². The third-order valence-corrected chi connectivity index (χ3v) is 6.96. The lowest BCUT2D eigenvalue weighted by Gasteiger charge is -2.23. The molecule has 0 amide bonds. The number of hydrogen-bond acceptors (Lipinski definition) is 4. The molecule has 2 N–H and O–H groups in total. The van der Waals surface area contributed by atoms with Gasteiger partial charge in [0.25, 0.3) is 0 Å². The maximum absolute atomic E-state index is 9.92. The van der Waals surface area contributed by atoms with Crippen molar-refractivity contribution in [2.24, 2.45) is 0 Å². The van der Waals surface area contributed by atoms with E-state index >= 15 is 0 Å². The molecule has 1 atom stereocenters. The minimum atomic E-state index is -1.53. The standard InChI is InChI=1S/C22H30O2S2/c1-2-22(23,24)15-13-21(26-18-20-11-7-4-8-12-20)14-16-25-17-19-9-5-3-6-10-19/h3-12,21,23-24H,2,13-18H2,1H3. The molecule has 26 heavy (non-hydrogen) atoms. The highest BCUT2D eigenvalue weighted by atomic mass is 32.2. The molecule has 0 radical (unpaired) electrons. The van der Waals surface area contributed by atoms with Gasteiger partial charge in [-0.05, 0) is 36.1 Å². The molecule has 0 aliphatic carbocycles. The summed E-state index contributed by atoms with van der Waals surface area (Å²) in [5.41, 5.74) is 2.69. The van der Waals surface area contributed by atoms with Crippen molar-refractivity contribution in [1.29, 1.82) is 0 Å². The van der Waals surface area contributed by atoms with Crippen LogP contribution in [0.15, 0.2) is 60.7 Å². The first-order chi connectivity index (χ1) is 12.6. The van der Waals surface area contributed by atoms with Gasteiger partial charge in [-0.3, -0.25) is 0 Å². The lowest BCUT2D eigenvalue weighted by atomic mass is 10.1. The molecule has 2 aromatic carbocycles. The first kappa shape index (κ1) is 21.4. The highest BCUT2D eigenvalue weighted by Crippen LogP contribution is 2.28. The third kappa shape index (κ3) is 8.63. The highest BCUT2D eigenvalue weighted by Gasteiger charge is 2.22. The van der Waals surface area contributed by atoms with E-state index in [0.29, 0.717) is 18.1 Å². The summed E-state index contributed by atoms with van der Waals surface area (Å²) in [6.45, 7) is 1.82. The van der Waals surface area contributed by atoms with Crippen molar-refractivity contribution in [2.75, 3.05) is 5.75 Å². The van der Waals surface area contributed by atoms with Gasteiger partial charge in [0.1, 0.15) is 0 Å². The predicted molar refractivity (Wildman–Crippen MR) is 115 cm³/mol. The second kappa shape index (κ2) is 11.7. The van der Waals surface area contributed by atoms with Crippen molar-refractivity contribution >= 4 is 23.5 Å². The molecule has 142 valence electrons. The molecular formula is C22H30O2S2. The summed E-state index contributed by atoms with van der Waals surface area (Å²) in [5, 5.41) is 20.3. The SMILES string of the molecule is CCC(O)(O)CCC(CCSCc1ccccc1)SCc1ccccc1. The second-order valence-electron chi connectivity index (χ2n) is 6.62. The van der Waals surface area contributed by atoms with Gasteiger partial charge in [-0.15, -0.1) is 0 Å². The molecule has 4 heteroatoms. The highest BCUT2D eigenvalue weighted by molar-refractivity contribution is 7.99. The van der Waals surface area contributed by atoms with Gasteiger partial charge in [0.05, 0.1) is 0 Å². The monoisotopic (exact) mass is 390 g/mol. The van der Waals surface area contributed by atoms with Crippen molar-refractivity contribution in [3.05, 3.63) is 71.8 Å². The van der Waals surface area contributed by atoms with Crippen molar-refractivity contribution in [1.82, 2.24) is 0 Å². The Morgan fingerprint density at radius 1 is 0.846 bits per heavy atom. The van der Waals surface area contributed by atoms with Crippen LogP contribution in [0, 0.1) is 0 Å². The summed E-state index contributed by atoms with van der Waals surface area (Å²) in [6.07, 6.45) is 2.75. The number of hydrogen-bond donors (Lipinski definition) is 2. The molecule has 0 spiro atoms. The van der Waals surface area contributed by atoms with Gasteiger partial charge in [-0.2, -0.15) is 23.5 Å². The van der Waals surface area contributed by atoms with E-state index in [1.807, 2.05) is 42.6 Å². The molecule has 0 aliphatic rings. The van der Waals surface area contributed by atoms with Crippen LogP contribution in [0.4, 0.5) is 0 Å². The van der Waals surface area contributed by atoms with Gasteiger partial charge < -0.3 is 10.2 Å². The fourth-order valence-electron chi connectivity index (χ4n) is 2.65. The summed E-state index contributed by atoms with van der Waals surface area (Å²) in [4.78, 5) is 0. The van der Waals surface area contributed by atoms with Crippen molar-refractivity contribution < 1.29 is 10.2 Å². The zero-order valence-electron chi connectivity index (χ0n) is 15.5. The van der Waals surface area contributed by atoms with E-state index in [-0.39, 0.29) is 0 Å². The molecule has 1 unspecified atom stereocenters. The Kier molecular flexibility index (Phi) is 9.62. The van der Waals surface area contributed by atoms with E-state index < -0.39 is 5.79 Å². The van der Waals surface area contributed by atoms with Crippen LogP contribution in [0.5, 0.6) is 0 Å².